The quantitative estimate of drug-likeness (QED) is 0.549. The van der Waals surface area contributed by atoms with Crippen LogP contribution < -0.4 is 0 Å². The van der Waals surface area contributed by atoms with Gasteiger partial charge in [-0.15, -0.1) is 0 Å². The molecule has 1 aromatic rings. The highest BCUT2D eigenvalue weighted by Crippen LogP contribution is 2.35. The van der Waals surface area contributed by atoms with Crippen molar-refractivity contribution in [3.8, 4) is 0 Å². The highest BCUT2D eigenvalue weighted by atomic mass is 79.9. The monoisotopic (exact) mass is 247 g/mol. The number of hydrogen-bond acceptors (Lipinski definition) is 0. The Morgan fingerprint density at radius 1 is 1.57 bits per heavy atom. The summed E-state index contributed by atoms with van der Waals surface area (Å²) in [6, 6.07) is 9.43. The van der Waals surface area contributed by atoms with Gasteiger partial charge in [0.1, 0.15) is 0 Å². The lowest BCUT2D eigenvalue weighted by molar-refractivity contribution is 0.908. The van der Waals surface area contributed by atoms with Crippen LogP contribution in [0.3, 0.4) is 0 Å². The molecule has 0 saturated heterocycles. The number of benzene rings is 1. The number of alkyl halides is 1. The van der Waals surface area contributed by atoms with Crippen LogP contribution >= 0.6 is 15.9 Å². The maximum Gasteiger partial charge on any atom is 0.0429 e. The zero-order valence-corrected chi connectivity index (χ0v) is 9.66. The molecule has 2 rings (SSSR count). The van der Waals surface area contributed by atoms with Crippen molar-refractivity contribution < 1.29 is 0 Å². The van der Waals surface area contributed by atoms with Gasteiger partial charge in [-0.05, 0) is 24.1 Å². The van der Waals surface area contributed by atoms with Crippen molar-refractivity contribution in [1.29, 1.82) is 0 Å². The first-order valence-electron chi connectivity index (χ1n) is 4.78. The maximum atomic E-state index is 3.68. The van der Waals surface area contributed by atoms with Crippen LogP contribution in [0, 0.1) is 6.07 Å². The van der Waals surface area contributed by atoms with Crippen LogP contribution in [-0.2, 0) is 0 Å². The Balaban J connectivity index is 2.30. The Kier molecular flexibility index (Phi) is 2.87. The molecule has 0 amide bonds. The topological polar surface area (TPSA) is 0 Å². The van der Waals surface area contributed by atoms with Crippen molar-refractivity contribution in [2.24, 2.45) is 0 Å². The third-order valence-corrected chi connectivity index (χ3v) is 3.35. The van der Waals surface area contributed by atoms with Gasteiger partial charge in [-0.1, -0.05) is 58.4 Å². The van der Waals surface area contributed by atoms with Crippen LogP contribution in [0.4, 0.5) is 0 Å². The van der Waals surface area contributed by atoms with E-state index < -0.39 is 0 Å². The minimum absolute atomic E-state index is 0.390. The summed E-state index contributed by atoms with van der Waals surface area (Å²) in [7, 11) is 0. The van der Waals surface area contributed by atoms with E-state index in [0.717, 1.165) is 0 Å². The Hall–Kier alpha value is -0.820. The molecule has 71 valence electrons. The molecule has 0 saturated carbocycles. The molecule has 2 atom stereocenters. The largest absolute Gasteiger partial charge is 0.0905 e. The van der Waals surface area contributed by atoms with Crippen LogP contribution in [0.1, 0.15) is 24.0 Å². The van der Waals surface area contributed by atoms with E-state index in [0.29, 0.717) is 10.7 Å². The molecule has 0 heterocycles. The predicted octanol–water partition coefficient (Wildman–Crippen LogP) is 3.94. The molecule has 0 nitrogen and oxygen atoms in total. The Morgan fingerprint density at radius 2 is 2.43 bits per heavy atom. The minimum Gasteiger partial charge on any atom is -0.0905 e. The lowest BCUT2D eigenvalue weighted by atomic mass is 9.97. The fraction of sp³-hybridized carbons (Fsp3) is 0.231. The second kappa shape index (κ2) is 4.14. The first kappa shape index (κ1) is 9.72. The highest BCUT2D eigenvalue weighted by molar-refractivity contribution is 9.09. The fourth-order valence-electron chi connectivity index (χ4n) is 1.78. The third-order valence-electron chi connectivity index (χ3n) is 2.47. The lowest BCUT2D eigenvalue weighted by Crippen LogP contribution is -2.05. The second-order valence-corrected chi connectivity index (χ2v) is 4.45. The summed E-state index contributed by atoms with van der Waals surface area (Å²) in [5.41, 5.74) is 2.60. The molecule has 0 fully saturated rings. The van der Waals surface area contributed by atoms with Gasteiger partial charge in [-0.3, -0.25) is 0 Å². The van der Waals surface area contributed by atoms with Crippen LogP contribution in [-0.4, -0.2) is 4.83 Å². The van der Waals surface area contributed by atoms with Gasteiger partial charge in [0, 0.05) is 10.7 Å². The number of hydrogen-bond donors (Lipinski definition) is 0. The molecule has 0 bridgehead atoms. The van der Waals surface area contributed by atoms with Gasteiger partial charge in [-0.25, -0.2) is 0 Å². The van der Waals surface area contributed by atoms with Crippen LogP contribution in [0.5, 0.6) is 0 Å². The maximum absolute atomic E-state index is 3.68. The third kappa shape index (κ3) is 1.69. The SMILES string of the molecule is C/C=C/C(Br)C1C=Cc2[c]cccc21. The van der Waals surface area contributed by atoms with Crippen molar-refractivity contribution in [3.63, 3.8) is 0 Å². The zero-order chi connectivity index (χ0) is 9.97. The molecule has 0 spiro atoms. The number of fused-ring (bicyclic) bond motifs is 1. The van der Waals surface area contributed by atoms with Gasteiger partial charge < -0.3 is 0 Å². The normalized spacial score (nSPS) is 21.4. The fourth-order valence-corrected chi connectivity index (χ4v) is 2.55. The minimum atomic E-state index is 0.390. The van der Waals surface area contributed by atoms with Gasteiger partial charge in [0.05, 0.1) is 0 Å². The molecule has 0 N–H and O–H groups in total. The van der Waals surface area contributed by atoms with Gasteiger partial charge >= 0.3 is 0 Å². The van der Waals surface area contributed by atoms with Crippen LogP contribution in [0.25, 0.3) is 6.08 Å². The van der Waals surface area contributed by atoms with Crippen molar-refractivity contribution in [2.45, 2.75) is 17.7 Å². The van der Waals surface area contributed by atoms with Crippen molar-refractivity contribution in [3.05, 3.63) is 53.6 Å². The average molecular weight is 248 g/mol. The molecule has 14 heavy (non-hydrogen) atoms. The average Bonchev–Trinajstić information content (AvgIpc) is 2.61. The molecule has 1 heteroatoms. The molecule has 0 aromatic heterocycles. The Bertz CT molecular complexity index is 377. The summed E-state index contributed by atoms with van der Waals surface area (Å²) in [6.07, 6.45) is 8.65. The van der Waals surface area contributed by atoms with Gasteiger partial charge in [0.25, 0.3) is 0 Å². The van der Waals surface area contributed by atoms with E-state index in [-0.39, 0.29) is 0 Å². The van der Waals surface area contributed by atoms with Gasteiger partial charge in [0.2, 0.25) is 0 Å². The van der Waals surface area contributed by atoms with E-state index in [1.165, 1.54) is 11.1 Å². The first-order chi connectivity index (χ1) is 6.83. The van der Waals surface area contributed by atoms with Crippen molar-refractivity contribution in [2.75, 3.05) is 0 Å². The zero-order valence-electron chi connectivity index (χ0n) is 8.07. The Labute approximate surface area is 93.5 Å². The molecular weight excluding hydrogens is 236 g/mol. The Morgan fingerprint density at radius 3 is 3.21 bits per heavy atom. The second-order valence-electron chi connectivity index (χ2n) is 3.39. The first-order valence-corrected chi connectivity index (χ1v) is 5.70. The van der Waals surface area contributed by atoms with Crippen molar-refractivity contribution in [1.82, 2.24) is 0 Å². The smallest absolute Gasteiger partial charge is 0.0429 e. The van der Waals surface area contributed by atoms with E-state index in [1.54, 1.807) is 0 Å². The van der Waals surface area contributed by atoms with E-state index in [9.17, 15) is 0 Å². The van der Waals surface area contributed by atoms with E-state index in [4.69, 9.17) is 0 Å². The lowest BCUT2D eigenvalue weighted by Gasteiger charge is -2.13. The molecule has 0 aliphatic heterocycles. The summed E-state index contributed by atoms with van der Waals surface area (Å²) in [5, 5.41) is 0. The summed E-state index contributed by atoms with van der Waals surface area (Å²) in [5.74, 6) is 0.457. The van der Waals surface area contributed by atoms with E-state index >= 15 is 0 Å². The summed E-state index contributed by atoms with van der Waals surface area (Å²) in [4.78, 5) is 0.390. The molecule has 2 unspecified atom stereocenters. The highest BCUT2D eigenvalue weighted by Gasteiger charge is 2.21. The van der Waals surface area contributed by atoms with E-state index in [1.807, 2.05) is 19.1 Å². The molecule has 1 radical (unpaired) electrons. The standard InChI is InChI=1S/C13H12Br/c1-2-5-13(14)12-9-8-10-6-3-4-7-11(10)12/h2-5,7-9,12-13H,1H3/b5-2+. The summed E-state index contributed by atoms with van der Waals surface area (Å²) >= 11 is 3.68. The molecule has 1 aromatic carbocycles. The predicted molar refractivity (Wildman–Crippen MR) is 64.6 cm³/mol. The van der Waals surface area contributed by atoms with Crippen LogP contribution in [0.15, 0.2) is 36.4 Å². The van der Waals surface area contributed by atoms with Crippen molar-refractivity contribution >= 4 is 22.0 Å². The number of rotatable bonds is 2. The molecular formula is C13H12Br. The van der Waals surface area contributed by atoms with Crippen LogP contribution in [0.2, 0.25) is 0 Å². The molecule has 1 aliphatic rings. The number of allylic oxidation sites excluding steroid dienone is 3. The molecule has 1 aliphatic carbocycles. The van der Waals surface area contributed by atoms with Gasteiger partial charge in [0.15, 0.2) is 0 Å². The summed E-state index contributed by atoms with van der Waals surface area (Å²) in [6.45, 7) is 2.05. The summed E-state index contributed by atoms with van der Waals surface area (Å²) < 4.78 is 0. The number of halogens is 1. The van der Waals surface area contributed by atoms with E-state index in [2.05, 4.69) is 52.4 Å². The van der Waals surface area contributed by atoms with Gasteiger partial charge in [-0.2, -0.15) is 0 Å².